The fraction of sp³-hybridized carbons (Fsp3) is 0.647. The predicted molar refractivity (Wildman–Crippen MR) is 87.1 cm³/mol. The van der Waals surface area contributed by atoms with E-state index in [4.69, 9.17) is 16.3 Å². The van der Waals surface area contributed by atoms with Gasteiger partial charge in [-0.3, -0.25) is 0 Å². The first-order valence-corrected chi connectivity index (χ1v) is 8.23. The van der Waals surface area contributed by atoms with Crippen LogP contribution in [0.4, 0.5) is 0 Å². The summed E-state index contributed by atoms with van der Waals surface area (Å²) >= 11 is 5.97. The molecular weight excluding hydrogens is 286 g/mol. The Bertz CT molecular complexity index is 444. The van der Waals surface area contributed by atoms with Gasteiger partial charge in [0.05, 0.1) is 0 Å². The second-order valence-electron chi connectivity index (χ2n) is 6.24. The Kier molecular flexibility index (Phi) is 6.34. The largest absolute Gasteiger partial charge is 0.491 e. The molecule has 0 heterocycles. The maximum atomic E-state index is 10.0. The van der Waals surface area contributed by atoms with Gasteiger partial charge in [-0.2, -0.15) is 0 Å². The molecule has 4 heteroatoms. The Balaban J connectivity index is 1.67. The van der Waals surface area contributed by atoms with E-state index in [1.165, 1.54) is 25.7 Å². The van der Waals surface area contributed by atoms with Crippen LogP contribution in [-0.4, -0.2) is 30.4 Å². The number of hydrogen-bond donors (Lipinski definition) is 2. The average molecular weight is 312 g/mol. The zero-order chi connectivity index (χ0) is 15.2. The number of aliphatic hydroxyl groups excluding tert-OH is 1. The SMILES string of the molecule is Cc1cc(OCC(O)CNC2CCC(C)CC2)ccc1Cl. The maximum absolute atomic E-state index is 10.0. The second-order valence-corrected chi connectivity index (χ2v) is 6.65. The molecule has 2 N–H and O–H groups in total. The zero-order valence-electron chi connectivity index (χ0n) is 12.9. The van der Waals surface area contributed by atoms with E-state index in [-0.39, 0.29) is 0 Å². The minimum Gasteiger partial charge on any atom is -0.491 e. The van der Waals surface area contributed by atoms with Crippen LogP contribution < -0.4 is 10.1 Å². The summed E-state index contributed by atoms with van der Waals surface area (Å²) in [4.78, 5) is 0. The molecule has 3 nitrogen and oxygen atoms in total. The lowest BCUT2D eigenvalue weighted by Crippen LogP contribution is -2.39. The van der Waals surface area contributed by atoms with Crippen molar-refractivity contribution < 1.29 is 9.84 Å². The standard InChI is InChI=1S/C17H26ClNO2/c1-12-3-5-14(6-4-12)19-10-15(20)11-21-16-7-8-17(18)13(2)9-16/h7-9,12,14-15,19-20H,3-6,10-11H2,1-2H3. The third-order valence-electron chi connectivity index (χ3n) is 4.23. The monoisotopic (exact) mass is 311 g/mol. The van der Waals surface area contributed by atoms with Gasteiger partial charge in [-0.1, -0.05) is 18.5 Å². The van der Waals surface area contributed by atoms with Crippen LogP contribution in [-0.2, 0) is 0 Å². The molecule has 1 atom stereocenters. The minimum absolute atomic E-state index is 0.303. The number of rotatable bonds is 6. The van der Waals surface area contributed by atoms with Gasteiger partial charge in [-0.25, -0.2) is 0 Å². The Hall–Kier alpha value is -0.770. The predicted octanol–water partition coefficient (Wildman–Crippen LogP) is 3.56. The topological polar surface area (TPSA) is 41.5 Å². The van der Waals surface area contributed by atoms with E-state index in [1.54, 1.807) is 0 Å². The number of halogens is 1. The van der Waals surface area contributed by atoms with Crippen LogP contribution >= 0.6 is 11.6 Å². The third kappa shape index (κ3) is 5.50. The normalized spacial score (nSPS) is 23.8. The summed E-state index contributed by atoms with van der Waals surface area (Å²) in [6.45, 7) is 5.15. The molecular formula is C17H26ClNO2. The van der Waals surface area contributed by atoms with Crippen molar-refractivity contribution in [2.24, 2.45) is 5.92 Å². The van der Waals surface area contributed by atoms with Crippen molar-refractivity contribution in [1.82, 2.24) is 5.32 Å². The molecule has 0 aliphatic heterocycles. The quantitative estimate of drug-likeness (QED) is 0.844. The summed E-state index contributed by atoms with van der Waals surface area (Å²) in [7, 11) is 0. The first-order valence-electron chi connectivity index (χ1n) is 7.85. The number of aliphatic hydroxyl groups is 1. The van der Waals surface area contributed by atoms with Crippen molar-refractivity contribution in [1.29, 1.82) is 0 Å². The summed E-state index contributed by atoms with van der Waals surface area (Å²) in [5, 5.41) is 14.2. The number of benzene rings is 1. The molecule has 1 unspecified atom stereocenters. The van der Waals surface area contributed by atoms with Crippen molar-refractivity contribution in [2.75, 3.05) is 13.2 Å². The highest BCUT2D eigenvalue weighted by atomic mass is 35.5. The van der Waals surface area contributed by atoms with Crippen LogP contribution in [0.1, 0.15) is 38.2 Å². The molecule has 21 heavy (non-hydrogen) atoms. The molecule has 1 aliphatic rings. The fourth-order valence-corrected chi connectivity index (χ4v) is 2.84. The van der Waals surface area contributed by atoms with Crippen LogP contribution in [0.5, 0.6) is 5.75 Å². The summed E-state index contributed by atoms with van der Waals surface area (Å²) in [6.07, 6.45) is 4.51. The van der Waals surface area contributed by atoms with Gasteiger partial charge in [-0.15, -0.1) is 0 Å². The van der Waals surface area contributed by atoms with Crippen LogP contribution in [0.3, 0.4) is 0 Å². The Labute approximate surface area is 132 Å². The van der Waals surface area contributed by atoms with Crippen molar-refractivity contribution in [3.8, 4) is 5.75 Å². The molecule has 0 radical (unpaired) electrons. The van der Waals surface area contributed by atoms with Gasteiger partial charge in [0.2, 0.25) is 0 Å². The number of ether oxygens (including phenoxy) is 1. The Morgan fingerprint density at radius 3 is 2.71 bits per heavy atom. The first-order chi connectivity index (χ1) is 10.0. The molecule has 0 bridgehead atoms. The highest BCUT2D eigenvalue weighted by Gasteiger charge is 2.18. The van der Waals surface area contributed by atoms with Gasteiger partial charge in [0, 0.05) is 17.6 Å². The van der Waals surface area contributed by atoms with Gasteiger partial charge in [-0.05, 0) is 62.3 Å². The van der Waals surface area contributed by atoms with E-state index in [1.807, 2.05) is 25.1 Å². The van der Waals surface area contributed by atoms with E-state index in [2.05, 4.69) is 12.2 Å². The van der Waals surface area contributed by atoms with Crippen LogP contribution in [0.25, 0.3) is 0 Å². The molecule has 0 spiro atoms. The number of nitrogens with one attached hydrogen (secondary N) is 1. The lowest BCUT2D eigenvalue weighted by Gasteiger charge is -2.27. The molecule has 1 aromatic carbocycles. The van der Waals surface area contributed by atoms with Crippen molar-refractivity contribution >= 4 is 11.6 Å². The van der Waals surface area contributed by atoms with Crippen molar-refractivity contribution in [3.05, 3.63) is 28.8 Å². The van der Waals surface area contributed by atoms with E-state index < -0.39 is 6.10 Å². The van der Waals surface area contributed by atoms with Gasteiger partial charge in [0.1, 0.15) is 18.5 Å². The summed E-state index contributed by atoms with van der Waals surface area (Å²) in [6, 6.07) is 6.09. The Morgan fingerprint density at radius 1 is 1.33 bits per heavy atom. The van der Waals surface area contributed by atoms with Crippen molar-refractivity contribution in [2.45, 2.75) is 51.7 Å². The average Bonchev–Trinajstić information content (AvgIpc) is 2.48. The number of hydrogen-bond acceptors (Lipinski definition) is 3. The van der Waals surface area contributed by atoms with Crippen LogP contribution in [0, 0.1) is 12.8 Å². The zero-order valence-corrected chi connectivity index (χ0v) is 13.7. The fourth-order valence-electron chi connectivity index (χ4n) is 2.73. The lowest BCUT2D eigenvalue weighted by atomic mass is 9.87. The molecule has 2 rings (SSSR count). The maximum Gasteiger partial charge on any atom is 0.119 e. The third-order valence-corrected chi connectivity index (χ3v) is 4.65. The summed E-state index contributed by atoms with van der Waals surface area (Å²) in [5.74, 6) is 1.60. The molecule has 1 fully saturated rings. The molecule has 1 saturated carbocycles. The van der Waals surface area contributed by atoms with Gasteiger partial charge in [0.15, 0.2) is 0 Å². The summed E-state index contributed by atoms with van der Waals surface area (Å²) < 4.78 is 5.61. The van der Waals surface area contributed by atoms with Crippen LogP contribution in [0.2, 0.25) is 5.02 Å². The van der Waals surface area contributed by atoms with Gasteiger partial charge < -0.3 is 15.2 Å². The van der Waals surface area contributed by atoms with E-state index in [0.29, 0.717) is 19.2 Å². The first kappa shape index (κ1) is 16.6. The van der Waals surface area contributed by atoms with E-state index >= 15 is 0 Å². The van der Waals surface area contributed by atoms with Gasteiger partial charge in [0.25, 0.3) is 0 Å². The lowest BCUT2D eigenvalue weighted by molar-refractivity contribution is 0.101. The molecule has 0 aromatic heterocycles. The highest BCUT2D eigenvalue weighted by molar-refractivity contribution is 6.31. The molecule has 1 aromatic rings. The molecule has 118 valence electrons. The Morgan fingerprint density at radius 2 is 2.05 bits per heavy atom. The van der Waals surface area contributed by atoms with E-state index in [0.717, 1.165) is 22.3 Å². The second kappa shape index (κ2) is 8.02. The molecule has 1 aliphatic carbocycles. The molecule has 0 saturated heterocycles. The van der Waals surface area contributed by atoms with E-state index in [9.17, 15) is 5.11 Å². The smallest absolute Gasteiger partial charge is 0.119 e. The van der Waals surface area contributed by atoms with Crippen LogP contribution in [0.15, 0.2) is 18.2 Å². The minimum atomic E-state index is -0.486. The highest BCUT2D eigenvalue weighted by Crippen LogP contribution is 2.23. The van der Waals surface area contributed by atoms with Crippen molar-refractivity contribution in [3.63, 3.8) is 0 Å². The summed E-state index contributed by atoms with van der Waals surface area (Å²) in [5.41, 5.74) is 0.984. The molecule has 0 amide bonds. The van der Waals surface area contributed by atoms with Gasteiger partial charge >= 0.3 is 0 Å². The number of aryl methyl sites for hydroxylation is 1.